The Kier molecular flexibility index (Phi) is 5.56. The lowest BCUT2D eigenvalue weighted by molar-refractivity contribution is -0.666. The number of hydrogen-bond donors (Lipinski definition) is 1. The molecule has 0 saturated heterocycles. The largest absolute Gasteiger partial charge is 0.497 e. The third-order valence-corrected chi connectivity index (χ3v) is 4.78. The Labute approximate surface area is 144 Å². The quantitative estimate of drug-likeness (QED) is 0.407. The normalized spacial score (nSPS) is 10.9. The number of benzene rings is 2. The topological polar surface area (TPSA) is 56.0 Å². The first-order valence-corrected chi connectivity index (χ1v) is 8.85. The van der Waals surface area contributed by atoms with Crippen molar-refractivity contribution >= 4 is 22.7 Å². The Morgan fingerprint density at radius 2 is 1.96 bits per heavy atom. The Morgan fingerprint density at radius 1 is 1.12 bits per heavy atom. The highest BCUT2D eigenvalue weighted by molar-refractivity contribution is 7.99. The average Bonchev–Trinajstić information content (AvgIpc) is 2.61. The molecule has 4 nitrogen and oxygen atoms in total. The number of methoxy groups -OCH3 is 1. The molecule has 0 unspecified atom stereocenters. The van der Waals surface area contributed by atoms with Crippen LogP contribution in [-0.2, 0) is 6.54 Å². The minimum absolute atomic E-state index is 0.321. The lowest BCUT2D eigenvalue weighted by atomic mass is 10.1. The SMILES string of the molecule is COc1ccc2c(C[NH2+]CCSc3ccccc3)cc(=O)oc2c1. The zero-order chi connectivity index (χ0) is 16.8. The highest BCUT2D eigenvalue weighted by Crippen LogP contribution is 2.22. The van der Waals surface area contributed by atoms with Crippen molar-refractivity contribution in [3.05, 3.63) is 70.6 Å². The molecule has 0 amide bonds. The molecule has 0 aliphatic rings. The summed E-state index contributed by atoms with van der Waals surface area (Å²) in [4.78, 5) is 13.0. The van der Waals surface area contributed by atoms with E-state index in [1.807, 2.05) is 30.0 Å². The molecule has 0 bridgehead atoms. The number of ether oxygens (including phenoxy) is 1. The highest BCUT2D eigenvalue weighted by Gasteiger charge is 2.08. The van der Waals surface area contributed by atoms with Crippen molar-refractivity contribution in [1.29, 1.82) is 0 Å². The molecule has 3 aromatic rings. The molecule has 5 heteroatoms. The van der Waals surface area contributed by atoms with E-state index in [1.165, 1.54) is 4.90 Å². The fourth-order valence-electron chi connectivity index (χ4n) is 2.54. The molecule has 1 heterocycles. The molecule has 0 aliphatic carbocycles. The minimum atomic E-state index is -0.321. The second kappa shape index (κ2) is 8.04. The van der Waals surface area contributed by atoms with Gasteiger partial charge in [0.1, 0.15) is 17.9 Å². The smallest absolute Gasteiger partial charge is 0.336 e. The summed E-state index contributed by atoms with van der Waals surface area (Å²) in [5, 5.41) is 3.18. The number of quaternary nitrogens is 1. The Bertz CT molecular complexity index is 861. The molecule has 2 N–H and O–H groups in total. The molecule has 0 spiro atoms. The van der Waals surface area contributed by atoms with E-state index in [0.29, 0.717) is 11.3 Å². The number of thioether (sulfide) groups is 1. The molecule has 3 rings (SSSR count). The summed E-state index contributed by atoms with van der Waals surface area (Å²) in [6.45, 7) is 1.74. The number of nitrogens with two attached hydrogens (primary N) is 1. The van der Waals surface area contributed by atoms with Crippen LogP contribution in [0.25, 0.3) is 11.0 Å². The van der Waals surface area contributed by atoms with Crippen LogP contribution in [0.1, 0.15) is 5.56 Å². The zero-order valence-electron chi connectivity index (χ0n) is 13.5. The monoisotopic (exact) mass is 342 g/mol. The van der Waals surface area contributed by atoms with E-state index in [0.717, 1.165) is 29.8 Å². The number of fused-ring (bicyclic) bond motifs is 1. The molecular formula is C19H20NO3S+. The first-order chi connectivity index (χ1) is 11.8. The van der Waals surface area contributed by atoms with Gasteiger partial charge in [0.25, 0.3) is 0 Å². The zero-order valence-corrected chi connectivity index (χ0v) is 14.3. The molecule has 2 aromatic carbocycles. The third kappa shape index (κ3) is 4.19. The van der Waals surface area contributed by atoms with Crippen molar-refractivity contribution < 1.29 is 14.5 Å². The summed E-state index contributed by atoms with van der Waals surface area (Å²) in [6.07, 6.45) is 0. The van der Waals surface area contributed by atoms with E-state index in [2.05, 4.69) is 29.6 Å². The van der Waals surface area contributed by atoms with Gasteiger partial charge >= 0.3 is 5.63 Å². The predicted octanol–water partition coefficient (Wildman–Crippen LogP) is 2.66. The second-order valence-corrected chi connectivity index (χ2v) is 6.56. The van der Waals surface area contributed by atoms with Gasteiger partial charge in [0.15, 0.2) is 0 Å². The van der Waals surface area contributed by atoms with Crippen LogP contribution in [0, 0.1) is 0 Å². The summed E-state index contributed by atoms with van der Waals surface area (Å²) in [5.74, 6) is 1.71. The van der Waals surface area contributed by atoms with Gasteiger partial charge in [-0.2, -0.15) is 0 Å². The Morgan fingerprint density at radius 3 is 2.75 bits per heavy atom. The molecule has 24 heavy (non-hydrogen) atoms. The maximum absolute atomic E-state index is 11.8. The Hall–Kier alpha value is -2.24. The van der Waals surface area contributed by atoms with E-state index in [4.69, 9.17) is 9.15 Å². The summed E-state index contributed by atoms with van der Waals surface area (Å²) in [5.41, 5.74) is 1.25. The lowest BCUT2D eigenvalue weighted by Gasteiger charge is -2.06. The molecule has 1 aromatic heterocycles. The summed E-state index contributed by atoms with van der Waals surface area (Å²) in [6, 6.07) is 17.5. The maximum Gasteiger partial charge on any atom is 0.336 e. The highest BCUT2D eigenvalue weighted by atomic mass is 32.2. The molecule has 0 radical (unpaired) electrons. The first-order valence-electron chi connectivity index (χ1n) is 7.86. The van der Waals surface area contributed by atoms with Crippen LogP contribution in [0.4, 0.5) is 0 Å². The van der Waals surface area contributed by atoms with Gasteiger partial charge in [-0.1, -0.05) is 18.2 Å². The average molecular weight is 342 g/mol. The molecule has 0 fully saturated rings. The summed E-state index contributed by atoms with van der Waals surface area (Å²) < 4.78 is 10.5. The Balaban J connectivity index is 1.61. The van der Waals surface area contributed by atoms with Crippen LogP contribution in [0.3, 0.4) is 0 Å². The van der Waals surface area contributed by atoms with Gasteiger partial charge < -0.3 is 14.5 Å². The van der Waals surface area contributed by atoms with Gasteiger partial charge in [-0.25, -0.2) is 4.79 Å². The van der Waals surface area contributed by atoms with Crippen molar-refractivity contribution in [2.75, 3.05) is 19.4 Å². The van der Waals surface area contributed by atoms with Crippen LogP contribution in [0.2, 0.25) is 0 Å². The number of rotatable bonds is 7. The maximum atomic E-state index is 11.8. The van der Waals surface area contributed by atoms with E-state index in [9.17, 15) is 4.79 Å². The van der Waals surface area contributed by atoms with E-state index in [1.54, 1.807) is 19.2 Å². The molecule has 0 atom stereocenters. The van der Waals surface area contributed by atoms with E-state index in [-0.39, 0.29) is 5.63 Å². The van der Waals surface area contributed by atoms with Crippen molar-refractivity contribution in [3.8, 4) is 5.75 Å². The van der Waals surface area contributed by atoms with Crippen LogP contribution >= 0.6 is 11.8 Å². The van der Waals surface area contributed by atoms with Gasteiger partial charge in [-0.15, -0.1) is 11.8 Å². The fourth-order valence-corrected chi connectivity index (χ4v) is 3.41. The van der Waals surface area contributed by atoms with Gasteiger partial charge in [-0.3, -0.25) is 0 Å². The second-order valence-electron chi connectivity index (χ2n) is 5.40. The van der Waals surface area contributed by atoms with E-state index >= 15 is 0 Å². The van der Waals surface area contributed by atoms with Crippen molar-refractivity contribution in [3.63, 3.8) is 0 Å². The van der Waals surface area contributed by atoms with Gasteiger partial charge in [0.2, 0.25) is 0 Å². The molecule has 0 saturated carbocycles. The minimum Gasteiger partial charge on any atom is -0.497 e. The van der Waals surface area contributed by atoms with Crippen molar-refractivity contribution in [1.82, 2.24) is 0 Å². The summed E-state index contributed by atoms with van der Waals surface area (Å²) >= 11 is 1.84. The van der Waals surface area contributed by atoms with Crippen LogP contribution in [-0.4, -0.2) is 19.4 Å². The number of hydrogen-bond acceptors (Lipinski definition) is 4. The predicted molar refractivity (Wildman–Crippen MR) is 96.7 cm³/mol. The molecule has 124 valence electrons. The standard InChI is InChI=1S/C19H19NO3S/c1-22-15-7-8-17-14(11-19(21)23-18(17)12-15)13-20-9-10-24-16-5-3-2-4-6-16/h2-8,11-12,20H,9-10,13H2,1H3/p+1. The van der Waals surface area contributed by atoms with Crippen LogP contribution < -0.4 is 15.7 Å². The molecule has 0 aliphatic heterocycles. The van der Waals surface area contributed by atoms with Crippen LogP contribution in [0.5, 0.6) is 5.75 Å². The van der Waals surface area contributed by atoms with Crippen molar-refractivity contribution in [2.24, 2.45) is 0 Å². The van der Waals surface area contributed by atoms with Gasteiger partial charge in [0, 0.05) is 33.7 Å². The van der Waals surface area contributed by atoms with Gasteiger partial charge in [-0.05, 0) is 24.3 Å². The summed E-state index contributed by atoms with van der Waals surface area (Å²) in [7, 11) is 1.60. The molecular weight excluding hydrogens is 322 g/mol. The first kappa shape index (κ1) is 16.6. The lowest BCUT2D eigenvalue weighted by Crippen LogP contribution is -2.83. The third-order valence-electron chi connectivity index (χ3n) is 3.74. The van der Waals surface area contributed by atoms with Crippen molar-refractivity contribution in [2.45, 2.75) is 11.4 Å². The fraction of sp³-hybridized carbons (Fsp3) is 0.211. The van der Waals surface area contributed by atoms with E-state index < -0.39 is 0 Å². The van der Waals surface area contributed by atoms with Gasteiger partial charge in [0.05, 0.1) is 13.7 Å². The van der Waals surface area contributed by atoms with Crippen LogP contribution in [0.15, 0.2) is 68.7 Å².